The van der Waals surface area contributed by atoms with Crippen molar-refractivity contribution in [2.75, 3.05) is 11.9 Å². The average Bonchev–Trinajstić information content (AvgIpc) is 3.33. The van der Waals surface area contributed by atoms with E-state index in [2.05, 4.69) is 21.4 Å². The van der Waals surface area contributed by atoms with Crippen LogP contribution in [-0.4, -0.2) is 34.7 Å². The molecule has 2 N–H and O–H groups in total. The summed E-state index contributed by atoms with van der Waals surface area (Å²) >= 11 is -1.93. The summed E-state index contributed by atoms with van der Waals surface area (Å²) in [6, 6.07) is 7.90. The fourth-order valence-electron chi connectivity index (χ4n) is 3.52. The van der Waals surface area contributed by atoms with Crippen molar-refractivity contribution in [3.8, 4) is 5.82 Å². The van der Waals surface area contributed by atoms with E-state index in [0.29, 0.717) is 30.4 Å². The maximum absolute atomic E-state index is 14.4. The van der Waals surface area contributed by atoms with E-state index in [-0.39, 0.29) is 5.82 Å². The minimum Gasteiger partial charge on any atom is -0.372 e. The predicted octanol–water partition coefficient (Wildman–Crippen LogP) is 4.04. The number of nitrogens with one attached hydrogen (secondary N) is 1. The normalized spacial score (nSPS) is 14.7. The van der Waals surface area contributed by atoms with Gasteiger partial charge in [0.25, 0.3) is 0 Å². The van der Waals surface area contributed by atoms with Crippen LogP contribution in [0.4, 0.5) is 16.0 Å². The first-order chi connectivity index (χ1) is 14.4. The fraction of sp³-hybridized carbons (Fsp3) is 0.238. The molecule has 0 radical (unpaired) electrons. The highest BCUT2D eigenvalue weighted by Gasteiger charge is 2.17. The van der Waals surface area contributed by atoms with E-state index in [4.69, 9.17) is 0 Å². The van der Waals surface area contributed by atoms with Crippen molar-refractivity contribution in [3.63, 3.8) is 0 Å². The number of rotatable bonds is 6. The molecular weight excluding hydrogens is 405 g/mol. The summed E-state index contributed by atoms with van der Waals surface area (Å²) in [5.74, 6) is -0.0661. The molecule has 4 rings (SSSR count). The van der Waals surface area contributed by atoms with Crippen molar-refractivity contribution in [2.45, 2.75) is 26.8 Å². The van der Waals surface area contributed by atoms with Crippen LogP contribution < -0.4 is 5.32 Å². The van der Waals surface area contributed by atoms with Gasteiger partial charge in [0.05, 0.1) is 11.1 Å². The molecular formula is C21H22FN5O2S. The van der Waals surface area contributed by atoms with Crippen molar-refractivity contribution >= 4 is 22.7 Å². The molecule has 0 aliphatic carbocycles. The lowest BCUT2D eigenvalue weighted by Crippen LogP contribution is -2.13. The van der Waals surface area contributed by atoms with Gasteiger partial charge in [0, 0.05) is 43.8 Å². The smallest absolute Gasteiger partial charge is 0.229 e. The molecule has 0 bridgehead atoms. The zero-order valence-corrected chi connectivity index (χ0v) is 17.5. The highest BCUT2D eigenvalue weighted by atomic mass is 32.2. The Kier molecular flexibility index (Phi) is 5.65. The van der Waals surface area contributed by atoms with Crippen molar-refractivity contribution in [1.82, 2.24) is 19.4 Å². The van der Waals surface area contributed by atoms with Crippen molar-refractivity contribution in [3.05, 3.63) is 76.5 Å². The Morgan fingerprint density at radius 1 is 1.27 bits per heavy atom. The van der Waals surface area contributed by atoms with Crippen LogP contribution in [0.1, 0.15) is 23.1 Å². The Morgan fingerprint density at radius 3 is 2.73 bits per heavy atom. The molecule has 0 saturated carbocycles. The van der Waals surface area contributed by atoms with E-state index in [0.717, 1.165) is 28.6 Å². The second-order valence-corrected chi connectivity index (χ2v) is 8.38. The van der Waals surface area contributed by atoms with Crippen LogP contribution in [0, 0.1) is 19.7 Å². The minimum atomic E-state index is -1.93. The quantitative estimate of drug-likeness (QED) is 0.578. The molecule has 1 unspecified atom stereocenters. The number of nitrogens with zero attached hydrogens (tertiary/aromatic N) is 4. The average molecular weight is 428 g/mol. The van der Waals surface area contributed by atoms with Gasteiger partial charge in [-0.3, -0.25) is 0 Å². The van der Waals surface area contributed by atoms with E-state index in [9.17, 15) is 13.2 Å². The van der Waals surface area contributed by atoms with Gasteiger partial charge in [-0.25, -0.2) is 13.6 Å². The Bertz CT molecular complexity index is 1120. The third kappa shape index (κ3) is 4.58. The van der Waals surface area contributed by atoms with E-state index >= 15 is 0 Å². The topological polar surface area (TPSA) is 83.3 Å². The third-order valence-corrected chi connectivity index (χ3v) is 5.54. The first-order valence-electron chi connectivity index (χ1n) is 9.48. The lowest BCUT2D eigenvalue weighted by atomic mass is 10.1. The van der Waals surface area contributed by atoms with Gasteiger partial charge < -0.3 is 19.3 Å². The SMILES string of the molecule is Cc1cc(C)cc(Nc2ncc(F)c(-n3ccc(CN4C=C(S(=O)O)CC4)c3)n2)c1. The monoisotopic (exact) mass is 427 g/mol. The van der Waals surface area contributed by atoms with Crippen LogP contribution in [0.25, 0.3) is 5.82 Å². The lowest BCUT2D eigenvalue weighted by Gasteiger charge is -2.13. The number of anilines is 2. The molecule has 1 aromatic carbocycles. The summed E-state index contributed by atoms with van der Waals surface area (Å²) in [6.07, 6.45) is 6.97. The largest absolute Gasteiger partial charge is 0.372 e. The van der Waals surface area contributed by atoms with Gasteiger partial charge in [0.2, 0.25) is 5.95 Å². The highest BCUT2D eigenvalue weighted by Crippen LogP contribution is 2.22. The maximum Gasteiger partial charge on any atom is 0.229 e. The van der Waals surface area contributed by atoms with Crippen LogP contribution in [0.2, 0.25) is 0 Å². The molecule has 3 heterocycles. The molecule has 2 aromatic heterocycles. The second-order valence-electron chi connectivity index (χ2n) is 7.36. The number of aryl methyl sites for hydroxylation is 2. The first-order valence-corrected chi connectivity index (χ1v) is 10.6. The zero-order chi connectivity index (χ0) is 21.3. The van der Waals surface area contributed by atoms with E-state index in [1.807, 2.05) is 36.9 Å². The van der Waals surface area contributed by atoms with Crippen LogP contribution in [-0.2, 0) is 17.6 Å². The van der Waals surface area contributed by atoms with Gasteiger partial charge in [0.15, 0.2) is 22.7 Å². The van der Waals surface area contributed by atoms with Gasteiger partial charge in [-0.1, -0.05) is 6.07 Å². The summed E-state index contributed by atoms with van der Waals surface area (Å²) in [6.45, 7) is 5.26. The van der Waals surface area contributed by atoms with E-state index in [1.54, 1.807) is 23.2 Å². The molecule has 0 saturated heterocycles. The van der Waals surface area contributed by atoms with Crippen LogP contribution >= 0.6 is 0 Å². The minimum absolute atomic E-state index is 0.150. The van der Waals surface area contributed by atoms with Crippen molar-refractivity contribution in [1.29, 1.82) is 0 Å². The molecule has 0 spiro atoms. The summed E-state index contributed by atoms with van der Waals surface area (Å²) in [4.78, 5) is 10.9. The van der Waals surface area contributed by atoms with E-state index < -0.39 is 16.9 Å². The van der Waals surface area contributed by atoms with Gasteiger partial charge in [0.1, 0.15) is 0 Å². The van der Waals surface area contributed by atoms with Crippen LogP contribution in [0.5, 0.6) is 0 Å². The summed E-state index contributed by atoms with van der Waals surface area (Å²) < 4.78 is 36.4. The zero-order valence-electron chi connectivity index (χ0n) is 16.7. The molecule has 0 fully saturated rings. The lowest BCUT2D eigenvalue weighted by molar-refractivity contribution is 0.400. The number of hydrogen-bond acceptors (Lipinski definition) is 5. The molecule has 1 aliphatic heterocycles. The first kappa shape index (κ1) is 20.2. The number of hydrogen-bond donors (Lipinski definition) is 2. The Labute approximate surface area is 176 Å². The number of aromatic nitrogens is 3. The second kappa shape index (κ2) is 8.37. The fourth-order valence-corrected chi connectivity index (χ4v) is 4.02. The van der Waals surface area contributed by atoms with Crippen molar-refractivity contribution < 1.29 is 13.2 Å². The number of halogens is 1. The molecule has 30 heavy (non-hydrogen) atoms. The van der Waals surface area contributed by atoms with Crippen LogP contribution in [0.15, 0.2) is 54.0 Å². The van der Waals surface area contributed by atoms with Gasteiger partial charge in [-0.05, 0) is 48.7 Å². The molecule has 156 valence electrons. The van der Waals surface area contributed by atoms with Crippen molar-refractivity contribution in [2.24, 2.45) is 0 Å². The predicted molar refractivity (Wildman–Crippen MR) is 114 cm³/mol. The summed E-state index contributed by atoms with van der Waals surface area (Å²) in [7, 11) is 0. The van der Waals surface area contributed by atoms with Crippen LogP contribution in [0.3, 0.4) is 0 Å². The molecule has 7 nitrogen and oxygen atoms in total. The van der Waals surface area contributed by atoms with E-state index in [1.165, 1.54) is 0 Å². The summed E-state index contributed by atoms with van der Waals surface area (Å²) in [5.41, 5.74) is 4.01. The number of benzene rings is 1. The standard InChI is InChI=1S/C21H22FN5O2S/c1-14-7-15(2)9-17(8-14)24-21-23-10-19(22)20(25-21)27-6-3-16(12-27)11-26-5-4-18(13-26)30(28)29/h3,6-10,12-13H,4-5,11H2,1-2H3,(H,28,29)(H,23,24,25). The molecule has 9 heteroatoms. The van der Waals surface area contributed by atoms with Gasteiger partial charge >= 0.3 is 0 Å². The highest BCUT2D eigenvalue weighted by molar-refractivity contribution is 7.83. The summed E-state index contributed by atoms with van der Waals surface area (Å²) in [5, 5.41) is 3.13. The molecule has 0 amide bonds. The maximum atomic E-state index is 14.4. The Morgan fingerprint density at radius 2 is 2.03 bits per heavy atom. The Balaban J connectivity index is 1.53. The van der Waals surface area contributed by atoms with Gasteiger partial charge in [-0.15, -0.1) is 0 Å². The molecule has 3 aromatic rings. The third-order valence-electron chi connectivity index (χ3n) is 4.78. The molecule has 1 atom stereocenters. The molecule has 1 aliphatic rings. The van der Waals surface area contributed by atoms with Gasteiger partial charge in [-0.2, -0.15) is 4.98 Å². The Hall–Kier alpha value is -3.04.